The first-order chi connectivity index (χ1) is 12.7. The SMILES string of the molecule is Cn1c2ccccc2c2ccc(CC(=O)N/N=C\c3ccccc3)cc21. The molecule has 0 atom stereocenters. The molecule has 4 heteroatoms. The maximum atomic E-state index is 12.2. The number of nitrogens with one attached hydrogen (secondary N) is 1. The number of benzene rings is 3. The highest BCUT2D eigenvalue weighted by atomic mass is 16.2. The zero-order valence-corrected chi connectivity index (χ0v) is 14.5. The van der Waals surface area contributed by atoms with Crippen LogP contribution < -0.4 is 5.43 Å². The minimum Gasteiger partial charge on any atom is -0.344 e. The molecule has 26 heavy (non-hydrogen) atoms. The van der Waals surface area contributed by atoms with Crippen LogP contribution in [0.25, 0.3) is 21.8 Å². The predicted octanol–water partition coefficient (Wildman–Crippen LogP) is 4.02. The molecule has 4 aromatic rings. The minimum absolute atomic E-state index is 0.129. The lowest BCUT2D eigenvalue weighted by atomic mass is 10.1. The van der Waals surface area contributed by atoms with Gasteiger partial charge in [0, 0.05) is 28.9 Å². The molecule has 0 aliphatic rings. The molecule has 1 amide bonds. The smallest absolute Gasteiger partial charge is 0.244 e. The van der Waals surface area contributed by atoms with Crippen LogP contribution in [0.4, 0.5) is 0 Å². The molecule has 0 aliphatic carbocycles. The fourth-order valence-electron chi connectivity index (χ4n) is 3.26. The van der Waals surface area contributed by atoms with E-state index in [0.717, 1.165) is 16.6 Å². The van der Waals surface area contributed by atoms with Crippen LogP contribution in [-0.2, 0) is 18.3 Å². The van der Waals surface area contributed by atoms with E-state index in [1.54, 1.807) is 6.21 Å². The number of aromatic nitrogens is 1. The highest BCUT2D eigenvalue weighted by Crippen LogP contribution is 2.28. The number of hydrogen-bond acceptors (Lipinski definition) is 2. The summed E-state index contributed by atoms with van der Waals surface area (Å²) in [5.41, 5.74) is 6.83. The van der Waals surface area contributed by atoms with Crippen LogP contribution in [-0.4, -0.2) is 16.7 Å². The van der Waals surface area contributed by atoms with Gasteiger partial charge in [-0.15, -0.1) is 0 Å². The fraction of sp³-hybridized carbons (Fsp3) is 0.0909. The molecule has 0 unspecified atom stereocenters. The molecule has 3 aromatic carbocycles. The largest absolute Gasteiger partial charge is 0.344 e. The van der Waals surface area contributed by atoms with Crippen LogP contribution in [0, 0.1) is 0 Å². The first-order valence-corrected chi connectivity index (χ1v) is 8.55. The molecule has 4 rings (SSSR count). The van der Waals surface area contributed by atoms with Gasteiger partial charge >= 0.3 is 0 Å². The Bertz CT molecular complexity index is 1110. The van der Waals surface area contributed by atoms with E-state index in [4.69, 9.17) is 0 Å². The van der Waals surface area contributed by atoms with E-state index in [2.05, 4.69) is 46.4 Å². The Balaban J connectivity index is 1.52. The molecule has 0 saturated carbocycles. The number of nitrogens with zero attached hydrogens (tertiary/aromatic N) is 2. The molecule has 4 nitrogen and oxygen atoms in total. The second-order valence-electron chi connectivity index (χ2n) is 6.31. The number of amides is 1. The summed E-state index contributed by atoms with van der Waals surface area (Å²) in [7, 11) is 2.05. The van der Waals surface area contributed by atoms with Crippen molar-refractivity contribution in [2.24, 2.45) is 12.1 Å². The molecule has 0 aliphatic heterocycles. The van der Waals surface area contributed by atoms with Gasteiger partial charge in [0.1, 0.15) is 0 Å². The van der Waals surface area contributed by atoms with Crippen molar-refractivity contribution >= 4 is 33.9 Å². The molecule has 128 valence electrons. The molecule has 0 saturated heterocycles. The highest BCUT2D eigenvalue weighted by Gasteiger charge is 2.09. The Morgan fingerprint density at radius 2 is 1.69 bits per heavy atom. The van der Waals surface area contributed by atoms with Crippen molar-refractivity contribution in [2.75, 3.05) is 0 Å². The second-order valence-corrected chi connectivity index (χ2v) is 6.31. The van der Waals surface area contributed by atoms with Crippen LogP contribution >= 0.6 is 0 Å². The summed E-state index contributed by atoms with van der Waals surface area (Å²) in [5.74, 6) is -0.129. The lowest BCUT2D eigenvalue weighted by Crippen LogP contribution is -2.19. The second kappa shape index (κ2) is 6.84. The Hall–Kier alpha value is -3.40. The monoisotopic (exact) mass is 341 g/mol. The lowest BCUT2D eigenvalue weighted by Gasteiger charge is -2.03. The van der Waals surface area contributed by atoms with E-state index in [1.165, 1.54) is 16.3 Å². The van der Waals surface area contributed by atoms with Gasteiger partial charge in [0.05, 0.1) is 12.6 Å². The molecule has 1 aromatic heterocycles. The number of carbonyl (C=O) groups is 1. The summed E-state index contributed by atoms with van der Waals surface area (Å²) in [6.45, 7) is 0. The average molecular weight is 341 g/mol. The van der Waals surface area contributed by atoms with Crippen molar-refractivity contribution in [3.63, 3.8) is 0 Å². The molecule has 1 N–H and O–H groups in total. The van der Waals surface area contributed by atoms with Crippen molar-refractivity contribution in [3.8, 4) is 0 Å². The third kappa shape index (κ3) is 3.09. The molecule has 0 bridgehead atoms. The number of hydrazone groups is 1. The third-order valence-corrected chi connectivity index (χ3v) is 4.55. The van der Waals surface area contributed by atoms with E-state index in [9.17, 15) is 4.79 Å². The molecule has 0 radical (unpaired) electrons. The number of aryl methyl sites for hydroxylation is 1. The maximum Gasteiger partial charge on any atom is 0.244 e. The molecule has 1 heterocycles. The Morgan fingerprint density at radius 3 is 2.54 bits per heavy atom. The van der Waals surface area contributed by atoms with Crippen molar-refractivity contribution < 1.29 is 4.79 Å². The zero-order chi connectivity index (χ0) is 17.9. The summed E-state index contributed by atoms with van der Waals surface area (Å²) >= 11 is 0. The Labute approximate surface area is 151 Å². The van der Waals surface area contributed by atoms with Crippen molar-refractivity contribution in [1.82, 2.24) is 9.99 Å². The molecule has 0 fully saturated rings. The van der Waals surface area contributed by atoms with Gasteiger partial charge in [-0.2, -0.15) is 5.10 Å². The van der Waals surface area contributed by atoms with Crippen molar-refractivity contribution in [1.29, 1.82) is 0 Å². The van der Waals surface area contributed by atoms with E-state index in [-0.39, 0.29) is 5.91 Å². The standard InChI is InChI=1S/C22H19N3O/c1-25-20-10-6-5-9-18(20)19-12-11-17(13-21(19)25)14-22(26)24-23-15-16-7-3-2-4-8-16/h2-13,15H,14H2,1H3,(H,24,26)/b23-15-. The number of rotatable bonds is 4. The first kappa shape index (κ1) is 16.1. The zero-order valence-electron chi connectivity index (χ0n) is 14.5. The maximum absolute atomic E-state index is 12.2. The van der Waals surface area contributed by atoms with Gasteiger partial charge in [0.2, 0.25) is 5.91 Å². The summed E-state index contributed by atoms with van der Waals surface area (Å²) in [5, 5.41) is 6.46. The topological polar surface area (TPSA) is 46.4 Å². The number of para-hydroxylation sites is 1. The van der Waals surface area contributed by atoms with Gasteiger partial charge in [0.25, 0.3) is 0 Å². The lowest BCUT2D eigenvalue weighted by molar-refractivity contribution is -0.120. The average Bonchev–Trinajstić information content (AvgIpc) is 2.95. The van der Waals surface area contributed by atoms with Gasteiger partial charge in [-0.3, -0.25) is 4.79 Å². The number of carbonyl (C=O) groups excluding carboxylic acids is 1. The van der Waals surface area contributed by atoms with Crippen molar-refractivity contribution in [3.05, 3.63) is 83.9 Å². The molecular weight excluding hydrogens is 322 g/mol. The van der Waals surface area contributed by atoms with Crippen molar-refractivity contribution in [2.45, 2.75) is 6.42 Å². The first-order valence-electron chi connectivity index (χ1n) is 8.55. The Morgan fingerprint density at radius 1 is 0.962 bits per heavy atom. The molecule has 0 spiro atoms. The fourth-order valence-corrected chi connectivity index (χ4v) is 3.26. The van der Waals surface area contributed by atoms with Crippen LogP contribution in [0.2, 0.25) is 0 Å². The summed E-state index contributed by atoms with van der Waals surface area (Å²) < 4.78 is 2.17. The quantitative estimate of drug-likeness (QED) is 0.442. The van der Waals surface area contributed by atoms with Gasteiger partial charge < -0.3 is 4.57 Å². The normalized spacial score (nSPS) is 11.4. The van der Waals surface area contributed by atoms with Crippen LogP contribution in [0.1, 0.15) is 11.1 Å². The van der Waals surface area contributed by atoms with E-state index in [1.807, 2.05) is 48.5 Å². The number of hydrogen-bond donors (Lipinski definition) is 1. The summed E-state index contributed by atoms with van der Waals surface area (Å²) in [4.78, 5) is 12.2. The minimum atomic E-state index is -0.129. The highest BCUT2D eigenvalue weighted by molar-refractivity contribution is 6.08. The van der Waals surface area contributed by atoms with Crippen LogP contribution in [0.5, 0.6) is 0 Å². The molecular formula is C22H19N3O. The van der Waals surface area contributed by atoms with Gasteiger partial charge in [0.15, 0.2) is 0 Å². The van der Waals surface area contributed by atoms with Crippen LogP contribution in [0.3, 0.4) is 0 Å². The summed E-state index contributed by atoms with van der Waals surface area (Å²) in [6, 6.07) is 24.2. The third-order valence-electron chi connectivity index (χ3n) is 4.55. The number of fused-ring (bicyclic) bond motifs is 3. The van der Waals surface area contributed by atoms with Gasteiger partial charge in [-0.25, -0.2) is 5.43 Å². The van der Waals surface area contributed by atoms with E-state index < -0.39 is 0 Å². The van der Waals surface area contributed by atoms with E-state index >= 15 is 0 Å². The van der Waals surface area contributed by atoms with Crippen LogP contribution in [0.15, 0.2) is 77.9 Å². The van der Waals surface area contributed by atoms with Gasteiger partial charge in [-0.1, -0.05) is 60.7 Å². The Kier molecular flexibility index (Phi) is 4.23. The summed E-state index contributed by atoms with van der Waals surface area (Å²) in [6.07, 6.45) is 1.94. The van der Waals surface area contributed by atoms with Gasteiger partial charge in [-0.05, 0) is 23.3 Å². The predicted molar refractivity (Wildman–Crippen MR) is 106 cm³/mol. The van der Waals surface area contributed by atoms with E-state index in [0.29, 0.717) is 6.42 Å².